The van der Waals surface area contributed by atoms with Gasteiger partial charge in [-0.1, -0.05) is 24.3 Å². The smallest absolute Gasteiger partial charge is 0.319 e. The normalized spacial score (nSPS) is 12.2. The number of urea groups is 1. The number of rotatable bonds is 6. The largest absolute Gasteiger partial charge is 0.382 e. The summed E-state index contributed by atoms with van der Waals surface area (Å²) in [4.78, 5) is 18.8. The Balaban J connectivity index is 1.27. The highest BCUT2D eigenvalue weighted by Crippen LogP contribution is 2.40. The van der Waals surface area contributed by atoms with Crippen LogP contribution in [0, 0.1) is 11.3 Å². The van der Waals surface area contributed by atoms with E-state index < -0.39 is 0 Å². The highest BCUT2D eigenvalue weighted by molar-refractivity contribution is 6.03. The predicted octanol–water partition coefficient (Wildman–Crippen LogP) is 3.48. The maximum atomic E-state index is 12.0. The zero-order chi connectivity index (χ0) is 20.9. The van der Waals surface area contributed by atoms with Crippen LogP contribution in [0.3, 0.4) is 0 Å². The van der Waals surface area contributed by atoms with Crippen LogP contribution in [0.2, 0.25) is 0 Å². The number of nitrogens with two attached hydrogens (primary N) is 1. The number of para-hydroxylation sites is 1. The fourth-order valence-corrected chi connectivity index (χ4v) is 3.63. The molecule has 8 heteroatoms. The average molecular weight is 401 g/mol. The molecule has 0 saturated heterocycles. The molecule has 1 aliphatic rings. The Morgan fingerprint density at radius 2 is 2.10 bits per heavy atom. The van der Waals surface area contributed by atoms with Gasteiger partial charge in [-0.25, -0.2) is 9.78 Å². The van der Waals surface area contributed by atoms with Crippen LogP contribution in [-0.2, 0) is 0 Å². The minimum Gasteiger partial charge on any atom is -0.382 e. The summed E-state index contributed by atoms with van der Waals surface area (Å²) in [6.07, 6.45) is 1.76. The Kier molecular flexibility index (Phi) is 5.52. The van der Waals surface area contributed by atoms with Gasteiger partial charge in [-0.3, -0.25) is 0 Å². The third-order valence-electron chi connectivity index (χ3n) is 5.05. The van der Waals surface area contributed by atoms with E-state index in [4.69, 9.17) is 11.0 Å². The standard InChI is InChI=1S/C22H23N7O/c23-13-15-6-5-7-16(12-15)27-22(30)25-10-3-4-11-29-14-26-19-20(29)17-8-1-2-9-18(17)28-21(19)24/h1-2,5-9,12,26H,3-4,10-11,14H2,(H2,24,28)(H2,25,27,30). The third-order valence-corrected chi connectivity index (χ3v) is 5.05. The maximum Gasteiger partial charge on any atom is 0.319 e. The van der Waals surface area contributed by atoms with E-state index in [-0.39, 0.29) is 6.03 Å². The minimum atomic E-state index is -0.275. The van der Waals surface area contributed by atoms with E-state index >= 15 is 0 Å². The van der Waals surface area contributed by atoms with Crippen molar-refractivity contribution in [2.45, 2.75) is 12.8 Å². The average Bonchev–Trinajstić information content (AvgIpc) is 3.19. The number of nitrogen functional groups attached to an aromatic ring is 1. The van der Waals surface area contributed by atoms with Crippen molar-refractivity contribution in [3.63, 3.8) is 0 Å². The van der Waals surface area contributed by atoms with Gasteiger partial charge in [-0.15, -0.1) is 0 Å². The van der Waals surface area contributed by atoms with Crippen LogP contribution in [0.25, 0.3) is 10.9 Å². The molecule has 8 nitrogen and oxygen atoms in total. The summed E-state index contributed by atoms with van der Waals surface area (Å²) < 4.78 is 0. The predicted molar refractivity (Wildman–Crippen MR) is 119 cm³/mol. The van der Waals surface area contributed by atoms with Crippen LogP contribution in [0.15, 0.2) is 48.5 Å². The van der Waals surface area contributed by atoms with Crippen LogP contribution in [0.4, 0.5) is 27.7 Å². The van der Waals surface area contributed by atoms with E-state index in [9.17, 15) is 4.79 Å². The fourth-order valence-electron chi connectivity index (χ4n) is 3.63. The summed E-state index contributed by atoms with van der Waals surface area (Å²) in [5, 5.41) is 19.0. The Labute approximate surface area is 174 Å². The van der Waals surface area contributed by atoms with E-state index in [1.807, 2.05) is 18.2 Å². The van der Waals surface area contributed by atoms with Crippen LogP contribution in [-0.4, -0.2) is 30.8 Å². The van der Waals surface area contributed by atoms with Crippen molar-refractivity contribution in [2.75, 3.05) is 41.0 Å². The van der Waals surface area contributed by atoms with E-state index in [0.29, 0.717) is 30.3 Å². The number of nitriles is 1. The number of anilines is 4. The molecule has 4 rings (SSSR count). The van der Waals surface area contributed by atoms with Gasteiger partial charge in [0.2, 0.25) is 0 Å². The molecular weight excluding hydrogens is 378 g/mol. The van der Waals surface area contributed by atoms with Crippen molar-refractivity contribution in [1.82, 2.24) is 10.3 Å². The summed E-state index contributed by atoms with van der Waals surface area (Å²) in [5.74, 6) is 0.519. The second kappa shape index (κ2) is 8.57. The first-order valence-electron chi connectivity index (χ1n) is 9.88. The van der Waals surface area contributed by atoms with E-state index in [1.165, 1.54) is 0 Å². The van der Waals surface area contributed by atoms with Crippen LogP contribution >= 0.6 is 0 Å². The zero-order valence-corrected chi connectivity index (χ0v) is 16.5. The van der Waals surface area contributed by atoms with Gasteiger partial charge in [0.25, 0.3) is 0 Å². The molecule has 1 aliphatic heterocycles. The number of fused-ring (bicyclic) bond motifs is 3. The number of amides is 2. The first-order chi connectivity index (χ1) is 14.7. The topological polar surface area (TPSA) is 119 Å². The summed E-state index contributed by atoms with van der Waals surface area (Å²) in [7, 11) is 0. The van der Waals surface area contributed by atoms with Gasteiger partial charge >= 0.3 is 6.03 Å². The molecular formula is C22H23N7O. The molecule has 0 bridgehead atoms. The molecule has 2 heterocycles. The number of carbonyl (C=O) groups is 1. The molecule has 0 radical (unpaired) electrons. The van der Waals surface area contributed by atoms with Crippen molar-refractivity contribution >= 4 is 39.8 Å². The molecule has 2 amide bonds. The van der Waals surface area contributed by atoms with Gasteiger partial charge < -0.3 is 26.6 Å². The summed E-state index contributed by atoms with van der Waals surface area (Å²) >= 11 is 0. The maximum absolute atomic E-state index is 12.0. The highest BCUT2D eigenvalue weighted by atomic mass is 16.2. The minimum absolute atomic E-state index is 0.275. The number of benzene rings is 2. The molecule has 152 valence electrons. The molecule has 0 atom stereocenters. The zero-order valence-electron chi connectivity index (χ0n) is 16.5. The molecule has 2 aromatic carbocycles. The Morgan fingerprint density at radius 3 is 2.97 bits per heavy atom. The van der Waals surface area contributed by atoms with Crippen molar-refractivity contribution in [2.24, 2.45) is 0 Å². The number of nitrogens with one attached hydrogen (secondary N) is 3. The number of nitrogens with zero attached hydrogens (tertiary/aromatic N) is 3. The first kappa shape index (κ1) is 19.3. The Bertz CT molecular complexity index is 1120. The van der Waals surface area contributed by atoms with Crippen molar-refractivity contribution < 1.29 is 4.79 Å². The lowest BCUT2D eigenvalue weighted by Gasteiger charge is -2.19. The number of hydrogen-bond acceptors (Lipinski definition) is 6. The SMILES string of the molecule is N#Cc1cccc(NC(=O)NCCCCN2CNc3c(N)nc4ccccc4c32)c1. The van der Waals surface area contributed by atoms with Gasteiger partial charge in [0, 0.05) is 24.2 Å². The lowest BCUT2D eigenvalue weighted by atomic mass is 10.1. The molecule has 0 fully saturated rings. The van der Waals surface area contributed by atoms with Crippen molar-refractivity contribution in [3.05, 3.63) is 54.1 Å². The summed E-state index contributed by atoms with van der Waals surface area (Å²) in [6, 6.07) is 16.6. The highest BCUT2D eigenvalue weighted by Gasteiger charge is 2.24. The number of unbranched alkanes of at least 4 members (excludes halogenated alkanes) is 1. The first-order valence-corrected chi connectivity index (χ1v) is 9.88. The number of carbonyl (C=O) groups excluding carboxylic acids is 1. The summed E-state index contributed by atoms with van der Waals surface area (Å²) in [6.45, 7) is 2.11. The van der Waals surface area contributed by atoms with Gasteiger partial charge in [0.1, 0.15) is 11.5 Å². The number of aromatic nitrogens is 1. The fraction of sp³-hybridized carbons (Fsp3) is 0.227. The van der Waals surface area contributed by atoms with Crippen LogP contribution in [0.5, 0.6) is 0 Å². The number of hydrogen-bond donors (Lipinski definition) is 4. The summed E-state index contributed by atoms with van der Waals surface area (Å²) in [5.41, 5.74) is 10.1. The second-order valence-corrected chi connectivity index (χ2v) is 7.12. The molecule has 1 aromatic heterocycles. The molecule has 5 N–H and O–H groups in total. The van der Waals surface area contributed by atoms with Crippen LogP contribution < -0.4 is 26.6 Å². The van der Waals surface area contributed by atoms with Crippen molar-refractivity contribution in [3.8, 4) is 6.07 Å². The van der Waals surface area contributed by atoms with Gasteiger partial charge in [-0.05, 0) is 37.1 Å². The lowest BCUT2D eigenvalue weighted by Crippen LogP contribution is -2.30. The molecule has 0 unspecified atom stereocenters. The molecule has 30 heavy (non-hydrogen) atoms. The Morgan fingerprint density at radius 1 is 1.23 bits per heavy atom. The van der Waals surface area contributed by atoms with Crippen LogP contribution in [0.1, 0.15) is 18.4 Å². The van der Waals surface area contributed by atoms with Gasteiger partial charge in [-0.2, -0.15) is 5.26 Å². The van der Waals surface area contributed by atoms with Gasteiger partial charge in [0.15, 0.2) is 0 Å². The lowest BCUT2D eigenvalue weighted by molar-refractivity contribution is 0.252. The van der Waals surface area contributed by atoms with E-state index in [1.54, 1.807) is 24.3 Å². The molecule has 3 aromatic rings. The molecule has 0 spiro atoms. The van der Waals surface area contributed by atoms with E-state index in [2.05, 4.69) is 38.0 Å². The third kappa shape index (κ3) is 4.05. The molecule has 0 saturated carbocycles. The molecule has 0 aliphatic carbocycles. The monoisotopic (exact) mass is 401 g/mol. The van der Waals surface area contributed by atoms with Crippen molar-refractivity contribution in [1.29, 1.82) is 5.26 Å². The Hall–Kier alpha value is -3.99. The van der Waals surface area contributed by atoms with E-state index in [0.717, 1.165) is 41.7 Å². The quantitative estimate of drug-likeness (QED) is 0.470. The van der Waals surface area contributed by atoms with Gasteiger partial charge in [0.05, 0.1) is 29.5 Å². The second-order valence-electron chi connectivity index (χ2n) is 7.12. The number of pyridine rings is 1.